The Balaban J connectivity index is 3.05. The molecule has 0 aliphatic heterocycles. The Morgan fingerprint density at radius 1 is 0.926 bits per heavy atom. The van der Waals surface area contributed by atoms with Crippen LogP contribution in [-0.2, 0) is 9.59 Å². The molecule has 1 atom stereocenters. The molecule has 146 valence electrons. The average molecular weight is 391 g/mol. The van der Waals surface area contributed by atoms with Gasteiger partial charge in [-0.1, -0.05) is 30.3 Å². The lowest BCUT2D eigenvalue weighted by atomic mass is 9.63. The lowest BCUT2D eigenvalue weighted by Crippen LogP contribution is -2.63. The lowest BCUT2D eigenvalue weighted by Gasteiger charge is -2.46. The Kier molecular flexibility index (Phi) is 5.13. The zero-order valence-electron chi connectivity index (χ0n) is 14.2. The van der Waals surface area contributed by atoms with Gasteiger partial charge in [0.1, 0.15) is 0 Å². The predicted octanol–water partition coefficient (Wildman–Crippen LogP) is 4.00. The summed E-state index contributed by atoms with van der Waals surface area (Å²) in [5.41, 5.74) is -2.23. The first-order chi connectivity index (χ1) is 12.3. The van der Waals surface area contributed by atoms with Gasteiger partial charge in [-0.2, -0.15) is 26.3 Å². The summed E-state index contributed by atoms with van der Waals surface area (Å²) < 4.78 is 83.9. The van der Waals surface area contributed by atoms with E-state index in [1.165, 1.54) is 18.2 Å². The number of rotatable bonds is 3. The molecular formula is C18H15F6NO2. The van der Waals surface area contributed by atoms with Crippen molar-refractivity contribution >= 4 is 17.1 Å². The molecule has 0 heterocycles. The van der Waals surface area contributed by atoms with Crippen molar-refractivity contribution < 1.29 is 35.9 Å². The molecule has 3 nitrogen and oxygen atoms in total. The van der Waals surface area contributed by atoms with Gasteiger partial charge >= 0.3 is 12.4 Å². The number of Topliss-reactive ketones (excluding diaryl/α,β-unsaturated/α-hetero) is 2. The summed E-state index contributed by atoms with van der Waals surface area (Å²) in [5, 5.41) is 0. The van der Waals surface area contributed by atoms with E-state index < -0.39 is 57.7 Å². The highest BCUT2D eigenvalue weighted by molar-refractivity contribution is 6.10. The standard InChI is InChI=1S/C18H15F6NO2/c1-9(26)12-8-13(11-6-4-3-5-7-11)16(17(19,20)21,18(22,23)24)15(25)14(12)10(2)27/h3-8,15H,25H2,1-2H3. The number of halogens is 6. The van der Waals surface area contributed by atoms with Crippen molar-refractivity contribution in [3.8, 4) is 0 Å². The first kappa shape index (κ1) is 20.9. The van der Waals surface area contributed by atoms with Gasteiger partial charge in [-0.25, -0.2) is 0 Å². The Bertz CT molecular complexity index is 820. The van der Waals surface area contributed by atoms with Gasteiger partial charge < -0.3 is 5.73 Å². The van der Waals surface area contributed by atoms with Crippen molar-refractivity contribution in [1.82, 2.24) is 0 Å². The molecule has 0 aromatic heterocycles. The minimum absolute atomic E-state index is 0.399. The number of carbonyl (C=O) groups excluding carboxylic acids is 2. The third-order valence-electron chi connectivity index (χ3n) is 4.52. The second-order valence-corrected chi connectivity index (χ2v) is 6.14. The van der Waals surface area contributed by atoms with Crippen LogP contribution < -0.4 is 5.73 Å². The second kappa shape index (κ2) is 6.63. The molecule has 27 heavy (non-hydrogen) atoms. The summed E-state index contributed by atoms with van der Waals surface area (Å²) in [6, 6.07) is 3.23. The largest absolute Gasteiger partial charge is 0.409 e. The molecule has 2 rings (SSSR count). The maximum atomic E-state index is 14.0. The molecule has 1 aromatic rings. The van der Waals surface area contributed by atoms with Crippen LogP contribution in [0.25, 0.3) is 5.57 Å². The summed E-state index contributed by atoms with van der Waals surface area (Å²) in [6.45, 7) is 1.72. The monoisotopic (exact) mass is 391 g/mol. The number of carbonyl (C=O) groups is 2. The van der Waals surface area contributed by atoms with E-state index in [2.05, 4.69) is 0 Å². The van der Waals surface area contributed by atoms with Crippen LogP contribution in [0.1, 0.15) is 19.4 Å². The molecule has 0 amide bonds. The summed E-state index contributed by atoms with van der Waals surface area (Å²) >= 11 is 0. The smallest absolute Gasteiger partial charge is 0.323 e. The van der Waals surface area contributed by atoms with Crippen LogP contribution in [0.4, 0.5) is 26.3 Å². The highest BCUT2D eigenvalue weighted by Gasteiger charge is 2.77. The fourth-order valence-electron chi connectivity index (χ4n) is 3.33. The van der Waals surface area contributed by atoms with Crippen LogP contribution >= 0.6 is 0 Å². The van der Waals surface area contributed by atoms with Crippen molar-refractivity contribution in [2.24, 2.45) is 11.1 Å². The second-order valence-electron chi connectivity index (χ2n) is 6.14. The normalized spacial score (nSPS) is 20.3. The molecule has 1 aliphatic carbocycles. The summed E-state index contributed by atoms with van der Waals surface area (Å²) in [7, 11) is 0. The molecule has 1 unspecified atom stereocenters. The van der Waals surface area contributed by atoms with Crippen LogP contribution in [0.2, 0.25) is 0 Å². The summed E-state index contributed by atoms with van der Waals surface area (Å²) in [4.78, 5) is 23.7. The van der Waals surface area contributed by atoms with Crippen molar-refractivity contribution in [2.45, 2.75) is 32.2 Å². The molecule has 0 saturated carbocycles. The van der Waals surface area contributed by atoms with Crippen LogP contribution in [0.15, 0.2) is 47.6 Å². The highest BCUT2D eigenvalue weighted by atomic mass is 19.4. The van der Waals surface area contributed by atoms with Crippen LogP contribution in [0.5, 0.6) is 0 Å². The van der Waals surface area contributed by atoms with Crippen LogP contribution in [-0.4, -0.2) is 30.0 Å². The summed E-state index contributed by atoms with van der Waals surface area (Å²) in [5.74, 6) is -1.99. The molecule has 0 radical (unpaired) electrons. The van der Waals surface area contributed by atoms with Crippen LogP contribution in [0, 0.1) is 5.41 Å². The number of ketones is 2. The maximum Gasteiger partial charge on any atom is 0.409 e. The molecule has 0 spiro atoms. The van der Waals surface area contributed by atoms with Gasteiger partial charge in [0.15, 0.2) is 11.6 Å². The molecular weight excluding hydrogens is 376 g/mol. The number of hydrogen-bond donors (Lipinski definition) is 1. The lowest BCUT2D eigenvalue weighted by molar-refractivity contribution is -0.320. The fraction of sp³-hybridized carbons (Fsp3) is 0.333. The van der Waals surface area contributed by atoms with E-state index >= 15 is 0 Å². The van der Waals surface area contributed by atoms with Gasteiger partial charge in [-0.15, -0.1) is 0 Å². The van der Waals surface area contributed by atoms with Gasteiger partial charge in [0.05, 0.1) is 6.04 Å². The first-order valence-electron chi connectivity index (χ1n) is 7.69. The summed E-state index contributed by atoms with van der Waals surface area (Å²) in [6.07, 6.45) is -11.3. The minimum Gasteiger partial charge on any atom is -0.323 e. The average Bonchev–Trinajstić information content (AvgIpc) is 2.51. The van der Waals surface area contributed by atoms with Crippen molar-refractivity contribution in [1.29, 1.82) is 0 Å². The SMILES string of the molecule is CC(=O)C1=C(C(C)=O)C(N)C(C(F)(F)F)(C(F)(F)F)C(c2ccccc2)=C1. The number of hydrogen-bond acceptors (Lipinski definition) is 3. The number of alkyl halides is 6. The Labute approximate surface area is 150 Å². The number of benzene rings is 1. The van der Waals surface area contributed by atoms with Gasteiger partial charge in [0.25, 0.3) is 0 Å². The Hall–Kier alpha value is -2.42. The molecule has 0 fully saturated rings. The first-order valence-corrected chi connectivity index (χ1v) is 7.69. The van der Waals surface area contributed by atoms with Gasteiger partial charge in [0, 0.05) is 11.1 Å². The Morgan fingerprint density at radius 3 is 1.78 bits per heavy atom. The van der Waals surface area contributed by atoms with E-state index in [9.17, 15) is 35.9 Å². The van der Waals surface area contributed by atoms with Crippen molar-refractivity contribution in [3.63, 3.8) is 0 Å². The Morgan fingerprint density at radius 2 is 1.41 bits per heavy atom. The molecule has 0 saturated heterocycles. The van der Waals surface area contributed by atoms with Crippen molar-refractivity contribution in [3.05, 3.63) is 53.1 Å². The fourth-order valence-corrected chi connectivity index (χ4v) is 3.33. The molecule has 0 bridgehead atoms. The van der Waals surface area contributed by atoms with Gasteiger partial charge in [0.2, 0.25) is 5.41 Å². The number of nitrogens with two attached hydrogens (primary N) is 1. The van der Waals surface area contributed by atoms with E-state index in [-0.39, 0.29) is 0 Å². The minimum atomic E-state index is -5.88. The van der Waals surface area contributed by atoms with E-state index in [4.69, 9.17) is 5.73 Å². The molecule has 2 N–H and O–H groups in total. The highest BCUT2D eigenvalue weighted by Crippen LogP contribution is 2.62. The third-order valence-corrected chi connectivity index (χ3v) is 4.52. The topological polar surface area (TPSA) is 60.2 Å². The quantitative estimate of drug-likeness (QED) is 0.793. The van der Waals surface area contributed by atoms with E-state index in [1.807, 2.05) is 0 Å². The maximum absolute atomic E-state index is 14.0. The molecule has 9 heteroatoms. The number of allylic oxidation sites excluding steroid dienone is 2. The van der Waals surface area contributed by atoms with E-state index in [0.717, 1.165) is 26.0 Å². The zero-order valence-corrected chi connectivity index (χ0v) is 14.2. The van der Waals surface area contributed by atoms with Crippen LogP contribution in [0.3, 0.4) is 0 Å². The van der Waals surface area contributed by atoms with E-state index in [0.29, 0.717) is 6.08 Å². The molecule has 1 aliphatic rings. The predicted molar refractivity (Wildman–Crippen MR) is 85.3 cm³/mol. The van der Waals surface area contributed by atoms with Gasteiger partial charge in [-0.3, -0.25) is 9.59 Å². The molecule has 1 aromatic carbocycles. The zero-order chi connectivity index (χ0) is 20.8. The van der Waals surface area contributed by atoms with Crippen molar-refractivity contribution in [2.75, 3.05) is 0 Å². The third kappa shape index (κ3) is 3.09. The van der Waals surface area contributed by atoms with E-state index in [1.54, 1.807) is 0 Å². The van der Waals surface area contributed by atoms with Gasteiger partial charge in [-0.05, 0) is 31.1 Å².